The van der Waals surface area contributed by atoms with Gasteiger partial charge in [0.05, 0.1) is 18.2 Å². The van der Waals surface area contributed by atoms with Crippen LogP contribution in [0.25, 0.3) is 0 Å². The van der Waals surface area contributed by atoms with E-state index in [-0.39, 0.29) is 0 Å². The zero-order valence-corrected chi connectivity index (χ0v) is 19.8. The van der Waals surface area contributed by atoms with E-state index in [2.05, 4.69) is 19.2 Å². The Kier molecular flexibility index (Phi) is 30.7. The summed E-state index contributed by atoms with van der Waals surface area (Å²) in [7, 11) is 0. The van der Waals surface area contributed by atoms with Gasteiger partial charge in [0, 0.05) is 0 Å². The highest BCUT2D eigenvalue weighted by molar-refractivity contribution is 4.48. The molecule has 5 nitrogen and oxygen atoms in total. The van der Waals surface area contributed by atoms with Crippen LogP contribution in [0, 0.1) is 15.3 Å². The molecule has 0 radical (unpaired) electrons. The Hall–Kier alpha value is -0.840. The molecule has 176 valence electrons. The van der Waals surface area contributed by atoms with Gasteiger partial charge >= 0.3 is 0 Å². The summed E-state index contributed by atoms with van der Waals surface area (Å²) in [5, 5.41) is 17.3. The molecule has 0 aromatic carbocycles. The van der Waals surface area contributed by atoms with E-state index in [1.165, 1.54) is 142 Å². The summed E-state index contributed by atoms with van der Waals surface area (Å²) in [5.41, 5.74) is 0. The summed E-state index contributed by atoms with van der Waals surface area (Å²) < 4.78 is 0. The first-order chi connectivity index (χ1) is 14.1. The molecule has 0 atom stereocenters. The molecule has 0 unspecified atom stereocenters. The van der Waals surface area contributed by atoms with Gasteiger partial charge in [-0.1, -0.05) is 117 Å². The Bertz CT molecular complexity index is 276. The Morgan fingerprint density at radius 3 is 0.931 bits per heavy atom. The van der Waals surface area contributed by atoms with E-state index >= 15 is 0 Å². The molecule has 29 heavy (non-hydrogen) atoms. The molecular formula is C24H52N2O3. The predicted octanol–water partition coefficient (Wildman–Crippen LogP) is 7.15. The fourth-order valence-electron chi connectivity index (χ4n) is 3.70. The SMILES string of the molecule is CCCCCCCCCCCCC[NH2+]CCCCCCCCCCC.O=[N+]([O-])[O-]. The second-order valence-electron chi connectivity index (χ2n) is 8.45. The van der Waals surface area contributed by atoms with E-state index in [0.717, 1.165) is 0 Å². The van der Waals surface area contributed by atoms with E-state index in [1.807, 2.05) is 0 Å². The summed E-state index contributed by atoms with van der Waals surface area (Å²) in [6.45, 7) is 7.34. The number of nitrogens with two attached hydrogens (primary N) is 1. The predicted molar refractivity (Wildman–Crippen MR) is 126 cm³/mol. The van der Waals surface area contributed by atoms with Crippen LogP contribution in [0.3, 0.4) is 0 Å². The van der Waals surface area contributed by atoms with Crippen LogP contribution in [-0.2, 0) is 0 Å². The van der Waals surface area contributed by atoms with E-state index in [0.29, 0.717) is 0 Å². The highest BCUT2D eigenvalue weighted by atomic mass is 16.9. The van der Waals surface area contributed by atoms with Crippen molar-refractivity contribution in [1.29, 1.82) is 0 Å². The lowest BCUT2D eigenvalue weighted by Crippen LogP contribution is -2.84. The van der Waals surface area contributed by atoms with Gasteiger partial charge in [-0.25, -0.2) is 0 Å². The van der Waals surface area contributed by atoms with Crippen molar-refractivity contribution in [1.82, 2.24) is 0 Å². The van der Waals surface area contributed by atoms with Crippen molar-refractivity contribution < 1.29 is 10.4 Å². The van der Waals surface area contributed by atoms with Gasteiger partial charge in [-0.2, -0.15) is 0 Å². The van der Waals surface area contributed by atoms with Crippen LogP contribution in [-0.4, -0.2) is 18.2 Å². The highest BCUT2D eigenvalue weighted by Gasteiger charge is 1.96. The minimum Gasteiger partial charge on any atom is -0.356 e. The number of hydrogen-bond donors (Lipinski definition) is 1. The van der Waals surface area contributed by atoms with Crippen molar-refractivity contribution in [3.05, 3.63) is 15.3 Å². The first kappa shape index (κ1) is 30.4. The van der Waals surface area contributed by atoms with Gasteiger partial charge < -0.3 is 20.6 Å². The average molecular weight is 417 g/mol. The normalized spacial score (nSPS) is 10.6. The van der Waals surface area contributed by atoms with Crippen molar-refractivity contribution in [3.63, 3.8) is 0 Å². The summed E-state index contributed by atoms with van der Waals surface area (Å²) in [6, 6.07) is 0. The van der Waals surface area contributed by atoms with Gasteiger partial charge in [0.1, 0.15) is 0 Å². The number of nitrogens with zero attached hydrogens (tertiary/aromatic N) is 1. The van der Waals surface area contributed by atoms with Crippen LogP contribution in [0.2, 0.25) is 0 Å². The lowest BCUT2D eigenvalue weighted by atomic mass is 10.1. The van der Waals surface area contributed by atoms with Crippen LogP contribution in [0.4, 0.5) is 0 Å². The quantitative estimate of drug-likeness (QED) is 0.115. The monoisotopic (exact) mass is 416 g/mol. The highest BCUT2D eigenvalue weighted by Crippen LogP contribution is 2.11. The van der Waals surface area contributed by atoms with Crippen molar-refractivity contribution in [3.8, 4) is 0 Å². The largest absolute Gasteiger partial charge is 0.356 e. The lowest BCUT2D eigenvalue weighted by Gasteiger charge is -2.04. The van der Waals surface area contributed by atoms with E-state index < -0.39 is 5.09 Å². The third kappa shape index (κ3) is 38.4. The average Bonchev–Trinajstić information content (AvgIpc) is 2.69. The van der Waals surface area contributed by atoms with Gasteiger partial charge in [-0.05, 0) is 25.7 Å². The first-order valence-corrected chi connectivity index (χ1v) is 12.8. The van der Waals surface area contributed by atoms with Crippen LogP contribution >= 0.6 is 0 Å². The number of quaternary nitrogens is 1. The van der Waals surface area contributed by atoms with Gasteiger partial charge in [0.25, 0.3) is 0 Å². The van der Waals surface area contributed by atoms with Crippen molar-refractivity contribution in [2.45, 2.75) is 142 Å². The van der Waals surface area contributed by atoms with Crippen LogP contribution in [0.5, 0.6) is 0 Å². The minimum atomic E-state index is -1.75. The fraction of sp³-hybridized carbons (Fsp3) is 1.00. The number of hydrogen-bond acceptors (Lipinski definition) is 3. The third-order valence-corrected chi connectivity index (χ3v) is 5.52. The molecular weight excluding hydrogens is 364 g/mol. The topological polar surface area (TPSA) is 82.8 Å². The lowest BCUT2D eigenvalue weighted by molar-refractivity contribution is -0.655. The summed E-state index contributed by atoms with van der Waals surface area (Å²) >= 11 is 0. The fourth-order valence-corrected chi connectivity index (χ4v) is 3.70. The first-order valence-electron chi connectivity index (χ1n) is 12.8. The zero-order chi connectivity index (χ0) is 21.8. The number of unbranched alkanes of at least 4 members (excludes halogenated alkanes) is 18. The number of rotatable bonds is 22. The standard InChI is InChI=1S/C24H51N.NO3/c1-3-5-7-9-11-13-14-16-18-20-22-24-25-23-21-19-17-15-12-10-8-6-4-2;2-1(3)4/h25H,3-24H2,1-2H3;/q;-1/p+1. The molecule has 0 aliphatic carbocycles. The molecule has 0 aliphatic heterocycles. The molecule has 0 rings (SSSR count). The van der Waals surface area contributed by atoms with Gasteiger partial charge in [0.2, 0.25) is 0 Å². The Morgan fingerprint density at radius 1 is 0.483 bits per heavy atom. The van der Waals surface area contributed by atoms with Crippen LogP contribution in [0.15, 0.2) is 0 Å². The molecule has 2 N–H and O–H groups in total. The molecule has 0 aromatic heterocycles. The molecule has 0 saturated carbocycles. The van der Waals surface area contributed by atoms with Crippen molar-refractivity contribution in [2.75, 3.05) is 13.1 Å². The smallest absolute Gasteiger partial charge is 0.0755 e. The molecule has 0 saturated heterocycles. The minimum absolute atomic E-state index is 1.37. The van der Waals surface area contributed by atoms with Crippen molar-refractivity contribution >= 4 is 0 Å². The summed E-state index contributed by atoms with van der Waals surface area (Å²) in [5.74, 6) is 0. The van der Waals surface area contributed by atoms with E-state index in [9.17, 15) is 0 Å². The molecule has 0 amide bonds. The van der Waals surface area contributed by atoms with Gasteiger partial charge in [0.15, 0.2) is 0 Å². The molecule has 0 aromatic rings. The van der Waals surface area contributed by atoms with Crippen molar-refractivity contribution in [2.24, 2.45) is 0 Å². The zero-order valence-electron chi connectivity index (χ0n) is 19.8. The van der Waals surface area contributed by atoms with Crippen LogP contribution < -0.4 is 5.32 Å². The Morgan fingerprint density at radius 2 is 0.690 bits per heavy atom. The third-order valence-electron chi connectivity index (χ3n) is 5.52. The molecule has 0 bridgehead atoms. The molecule has 0 spiro atoms. The second kappa shape index (κ2) is 29.4. The second-order valence-corrected chi connectivity index (χ2v) is 8.45. The molecule has 0 aliphatic rings. The maximum absolute atomic E-state index is 8.25. The Balaban J connectivity index is 0. The van der Waals surface area contributed by atoms with Gasteiger partial charge in [-0.15, -0.1) is 0 Å². The summed E-state index contributed by atoms with van der Waals surface area (Å²) in [6.07, 6.45) is 29.1. The molecule has 0 fully saturated rings. The molecule has 5 heteroatoms. The Labute approximate surface area is 181 Å². The summed E-state index contributed by atoms with van der Waals surface area (Å²) in [4.78, 5) is 8.25. The maximum Gasteiger partial charge on any atom is 0.0755 e. The van der Waals surface area contributed by atoms with Gasteiger partial charge in [-0.3, -0.25) is 0 Å². The van der Waals surface area contributed by atoms with E-state index in [4.69, 9.17) is 15.3 Å². The molecule has 0 heterocycles. The van der Waals surface area contributed by atoms with Crippen LogP contribution in [0.1, 0.15) is 142 Å². The maximum atomic E-state index is 8.25. The van der Waals surface area contributed by atoms with E-state index in [1.54, 1.807) is 0 Å².